The van der Waals surface area contributed by atoms with Gasteiger partial charge in [0.05, 0.1) is 31.8 Å². The number of carbonyl (C=O) groups is 1. The fourth-order valence-corrected chi connectivity index (χ4v) is 3.43. The molecule has 2 aromatic rings. The molecule has 1 N–H and O–H groups in total. The van der Waals surface area contributed by atoms with Crippen LogP contribution >= 0.6 is 12.2 Å². The monoisotopic (exact) mass is 362 g/mol. The van der Waals surface area contributed by atoms with Crippen molar-refractivity contribution >= 4 is 18.2 Å². The Morgan fingerprint density at radius 2 is 2.00 bits per heavy atom. The van der Waals surface area contributed by atoms with Gasteiger partial charge in [0.15, 0.2) is 6.67 Å². The Hall–Kier alpha value is -2.06. The van der Waals surface area contributed by atoms with Gasteiger partial charge in [0.2, 0.25) is 4.77 Å². The van der Waals surface area contributed by atoms with Crippen molar-refractivity contribution in [3.63, 3.8) is 0 Å². The molecule has 1 saturated heterocycles. The van der Waals surface area contributed by atoms with Crippen molar-refractivity contribution in [1.29, 1.82) is 0 Å². The second kappa shape index (κ2) is 7.45. The summed E-state index contributed by atoms with van der Waals surface area (Å²) in [6.45, 7) is 6.62. The van der Waals surface area contributed by atoms with Crippen LogP contribution in [0.5, 0.6) is 0 Å². The molecule has 1 fully saturated rings. The number of tetrazole rings is 1. The van der Waals surface area contributed by atoms with Crippen LogP contribution in [-0.2, 0) is 16.2 Å². The molecule has 1 aromatic heterocycles. The Morgan fingerprint density at radius 1 is 1.28 bits per heavy atom. The zero-order valence-electron chi connectivity index (χ0n) is 14.9. The van der Waals surface area contributed by atoms with Crippen LogP contribution in [0.25, 0.3) is 5.69 Å². The minimum absolute atomic E-state index is 0.0212. The van der Waals surface area contributed by atoms with Crippen LogP contribution in [0.1, 0.15) is 24.0 Å². The topological polar surface area (TPSA) is 66.4 Å². The molecule has 1 aliphatic rings. The number of methoxy groups -OCH3 is 1. The van der Waals surface area contributed by atoms with Gasteiger partial charge in [-0.1, -0.05) is 6.07 Å². The molecule has 0 aliphatic carbocycles. The van der Waals surface area contributed by atoms with E-state index in [1.807, 2.05) is 6.07 Å². The molecule has 0 radical (unpaired) electrons. The number of carbonyl (C=O) groups excluding carboxylic acids is 1. The smallest absolute Gasteiger partial charge is 0.309 e. The molecule has 25 heavy (non-hydrogen) atoms. The predicted molar refractivity (Wildman–Crippen MR) is 95.1 cm³/mol. The van der Waals surface area contributed by atoms with Crippen LogP contribution in [0.4, 0.5) is 0 Å². The van der Waals surface area contributed by atoms with E-state index in [0.717, 1.165) is 31.6 Å². The number of benzene rings is 1. The third kappa shape index (κ3) is 3.80. The van der Waals surface area contributed by atoms with Crippen LogP contribution in [-0.4, -0.2) is 46.0 Å². The van der Waals surface area contributed by atoms with Crippen LogP contribution in [0.15, 0.2) is 18.2 Å². The summed E-state index contributed by atoms with van der Waals surface area (Å²) >= 11 is 5.55. The quantitative estimate of drug-likeness (QED) is 0.645. The maximum absolute atomic E-state index is 11.6. The van der Waals surface area contributed by atoms with E-state index in [9.17, 15) is 4.79 Å². The second-order valence-corrected chi connectivity index (χ2v) is 7.01. The van der Waals surface area contributed by atoms with Gasteiger partial charge in [0.1, 0.15) is 0 Å². The van der Waals surface area contributed by atoms with Crippen LogP contribution in [0.3, 0.4) is 0 Å². The fourth-order valence-electron chi connectivity index (χ4n) is 3.19. The molecule has 134 valence electrons. The molecule has 0 atom stereocenters. The van der Waals surface area contributed by atoms with E-state index < -0.39 is 0 Å². The van der Waals surface area contributed by atoms with Gasteiger partial charge in [0.25, 0.3) is 0 Å². The normalized spacial score (nSPS) is 20.4. The predicted octanol–water partition coefficient (Wildman–Crippen LogP) is 0.841. The van der Waals surface area contributed by atoms with Crippen molar-refractivity contribution < 1.29 is 14.4 Å². The summed E-state index contributed by atoms with van der Waals surface area (Å²) in [5.41, 5.74) is 3.36. The van der Waals surface area contributed by atoms with E-state index in [4.69, 9.17) is 17.0 Å². The molecule has 1 aromatic carbocycles. The minimum atomic E-state index is -0.101. The van der Waals surface area contributed by atoms with Crippen molar-refractivity contribution in [2.45, 2.75) is 33.4 Å². The molecule has 0 bridgehead atoms. The fraction of sp³-hybridized carbons (Fsp3) is 0.529. The molecule has 0 saturated carbocycles. The molecule has 8 heteroatoms. The number of nitrogens with zero attached hydrogens (tertiary/aromatic N) is 4. The van der Waals surface area contributed by atoms with E-state index in [-0.39, 0.29) is 11.9 Å². The van der Waals surface area contributed by atoms with Crippen LogP contribution in [0, 0.1) is 24.5 Å². The van der Waals surface area contributed by atoms with E-state index in [2.05, 4.69) is 36.4 Å². The number of likely N-dealkylation sites (tertiary alicyclic amines) is 1. The maximum atomic E-state index is 11.6. The molecule has 0 amide bonds. The first-order valence-corrected chi connectivity index (χ1v) is 8.92. The molecule has 7 nitrogen and oxygen atoms in total. The Kier molecular flexibility index (Phi) is 5.29. The average molecular weight is 362 g/mol. The number of ether oxygens (including phenoxy) is 1. The lowest BCUT2D eigenvalue weighted by molar-refractivity contribution is -0.929. The number of quaternary nitrogens is 1. The van der Waals surface area contributed by atoms with Gasteiger partial charge in [0, 0.05) is 12.8 Å². The molecule has 3 rings (SSSR count). The summed E-state index contributed by atoms with van der Waals surface area (Å²) in [6.07, 6.45) is 1.67. The first-order valence-electron chi connectivity index (χ1n) is 8.51. The Balaban J connectivity index is 1.69. The summed E-state index contributed by atoms with van der Waals surface area (Å²) in [4.78, 5) is 13.0. The lowest BCUT2D eigenvalue weighted by Crippen LogP contribution is -3.12. The highest BCUT2D eigenvalue weighted by Crippen LogP contribution is 2.14. The maximum Gasteiger partial charge on any atom is 0.309 e. The van der Waals surface area contributed by atoms with Crippen molar-refractivity contribution in [2.75, 3.05) is 20.2 Å². The number of nitrogens with one attached hydrogen (secondary N) is 1. The van der Waals surface area contributed by atoms with Crippen molar-refractivity contribution in [3.05, 3.63) is 34.1 Å². The third-order valence-electron chi connectivity index (χ3n) is 4.98. The van der Waals surface area contributed by atoms with E-state index in [0.29, 0.717) is 11.4 Å². The van der Waals surface area contributed by atoms with E-state index >= 15 is 0 Å². The third-order valence-corrected chi connectivity index (χ3v) is 5.36. The highest BCUT2D eigenvalue weighted by atomic mass is 32.1. The zero-order chi connectivity index (χ0) is 18.0. The van der Waals surface area contributed by atoms with Gasteiger partial charge < -0.3 is 9.64 Å². The van der Waals surface area contributed by atoms with Gasteiger partial charge in [-0.05, 0) is 59.8 Å². The Morgan fingerprint density at radius 3 is 2.64 bits per heavy atom. The molecule has 2 heterocycles. The molecule has 1 aliphatic heterocycles. The largest absolute Gasteiger partial charge is 0.469 e. The SMILES string of the molecule is COC(=O)C1CC[NH+](Cn2nnn(-c3ccc(C)c(C)c3)c2=S)CC1. The molecular weight excluding hydrogens is 338 g/mol. The highest BCUT2D eigenvalue weighted by molar-refractivity contribution is 7.71. The van der Waals surface area contributed by atoms with Gasteiger partial charge in [-0.15, -0.1) is 0 Å². The van der Waals surface area contributed by atoms with Crippen molar-refractivity contribution in [3.8, 4) is 5.69 Å². The van der Waals surface area contributed by atoms with Gasteiger partial charge >= 0.3 is 5.97 Å². The minimum Gasteiger partial charge on any atom is -0.469 e. The van der Waals surface area contributed by atoms with Crippen molar-refractivity contribution in [1.82, 2.24) is 19.8 Å². The van der Waals surface area contributed by atoms with Gasteiger partial charge in [-0.3, -0.25) is 4.79 Å². The summed E-state index contributed by atoms with van der Waals surface area (Å²) in [7, 11) is 1.45. The standard InChI is InChI=1S/C17H23N5O2S/c1-12-4-5-15(10-13(12)2)22-17(25)21(18-19-22)11-20-8-6-14(7-9-20)16(23)24-3/h4-5,10,14H,6-9,11H2,1-3H3/p+1. The summed E-state index contributed by atoms with van der Waals surface area (Å²) in [5, 5.41) is 8.44. The number of rotatable bonds is 4. The Labute approximate surface area is 152 Å². The molecular formula is C17H24N5O2S+. The number of piperidine rings is 1. The van der Waals surface area contributed by atoms with Gasteiger partial charge in [-0.25, -0.2) is 0 Å². The number of esters is 1. The molecule has 0 unspecified atom stereocenters. The number of aromatic nitrogens is 4. The Bertz CT molecular complexity index is 821. The first kappa shape index (κ1) is 17.8. The summed E-state index contributed by atoms with van der Waals surface area (Å²) < 4.78 is 8.88. The highest BCUT2D eigenvalue weighted by Gasteiger charge is 2.28. The number of aryl methyl sites for hydroxylation is 2. The number of hydrogen-bond donors (Lipinski definition) is 1. The zero-order valence-corrected chi connectivity index (χ0v) is 15.7. The van der Waals surface area contributed by atoms with E-state index in [1.165, 1.54) is 23.1 Å². The van der Waals surface area contributed by atoms with Crippen LogP contribution < -0.4 is 4.90 Å². The number of hydrogen-bond acceptors (Lipinski definition) is 5. The lowest BCUT2D eigenvalue weighted by atomic mass is 9.97. The first-order chi connectivity index (χ1) is 12.0. The average Bonchev–Trinajstić information content (AvgIpc) is 2.98. The van der Waals surface area contributed by atoms with Gasteiger partial charge in [-0.2, -0.15) is 9.36 Å². The summed E-state index contributed by atoms with van der Waals surface area (Å²) in [5.74, 6) is -0.0794. The lowest BCUT2D eigenvalue weighted by Gasteiger charge is -2.27. The summed E-state index contributed by atoms with van der Waals surface area (Å²) in [6, 6.07) is 6.14. The second-order valence-electron chi connectivity index (χ2n) is 6.65. The van der Waals surface area contributed by atoms with Crippen LogP contribution in [0.2, 0.25) is 0 Å². The molecule has 0 spiro atoms. The van der Waals surface area contributed by atoms with Crippen molar-refractivity contribution in [2.24, 2.45) is 5.92 Å². The van der Waals surface area contributed by atoms with E-state index in [1.54, 1.807) is 9.36 Å².